The predicted octanol–water partition coefficient (Wildman–Crippen LogP) is 2.48. The lowest BCUT2D eigenvalue weighted by atomic mass is 9.86. The minimum absolute atomic E-state index is 0.171. The summed E-state index contributed by atoms with van der Waals surface area (Å²) in [7, 11) is 0. The van der Waals surface area contributed by atoms with E-state index in [0.717, 1.165) is 6.42 Å². The van der Waals surface area contributed by atoms with Gasteiger partial charge in [-0.2, -0.15) is 0 Å². The zero-order chi connectivity index (χ0) is 8.91. The quantitative estimate of drug-likeness (QED) is 0.639. The van der Waals surface area contributed by atoms with Crippen LogP contribution in [0, 0.1) is 5.41 Å². The Bertz CT molecular complexity index is 96.2. The molecule has 0 aromatic heterocycles. The number of rotatable bonds is 4. The monoisotopic (exact) mass is 159 g/mol. The Morgan fingerprint density at radius 2 is 1.91 bits per heavy atom. The molecule has 1 atom stereocenters. The molecule has 0 aliphatic heterocycles. The van der Waals surface area contributed by atoms with E-state index in [1.165, 1.54) is 12.8 Å². The molecule has 0 saturated carbocycles. The van der Waals surface area contributed by atoms with Gasteiger partial charge in [0, 0.05) is 0 Å². The molecule has 0 radical (unpaired) electrons. The minimum atomic E-state index is 0.171. The van der Waals surface area contributed by atoms with Crippen LogP contribution in [0.1, 0.15) is 47.0 Å². The van der Waals surface area contributed by atoms with Crippen LogP contribution in [-0.4, -0.2) is 6.10 Å². The Hall–Kier alpha value is -0.0800. The van der Waals surface area contributed by atoms with E-state index in [1.54, 1.807) is 0 Å². The smallest absolute Gasteiger partial charge is 0.0835 e. The number of hydrogen-bond donors (Lipinski definition) is 1. The molecule has 0 amide bonds. The van der Waals surface area contributed by atoms with Crippen molar-refractivity contribution in [3.05, 3.63) is 0 Å². The SMILES string of the molecule is CCCCC(ON)C(C)(C)C. The van der Waals surface area contributed by atoms with E-state index in [1.807, 2.05) is 0 Å². The Labute approximate surface area is 70.1 Å². The van der Waals surface area contributed by atoms with Gasteiger partial charge >= 0.3 is 0 Å². The largest absolute Gasteiger partial charge is 0.301 e. The second-order valence-electron chi connectivity index (χ2n) is 4.13. The number of unbranched alkanes of at least 4 members (excludes halogenated alkanes) is 1. The van der Waals surface area contributed by atoms with Crippen LogP contribution in [0.15, 0.2) is 0 Å². The Morgan fingerprint density at radius 3 is 2.18 bits per heavy atom. The van der Waals surface area contributed by atoms with Gasteiger partial charge in [0.05, 0.1) is 6.10 Å². The Morgan fingerprint density at radius 1 is 1.36 bits per heavy atom. The molecular weight excluding hydrogens is 138 g/mol. The first kappa shape index (κ1) is 10.9. The van der Waals surface area contributed by atoms with Gasteiger partial charge in [-0.3, -0.25) is 0 Å². The van der Waals surface area contributed by atoms with E-state index in [0.29, 0.717) is 0 Å². The van der Waals surface area contributed by atoms with E-state index in [9.17, 15) is 0 Å². The van der Waals surface area contributed by atoms with E-state index in [2.05, 4.69) is 27.7 Å². The second-order valence-corrected chi connectivity index (χ2v) is 4.13. The average Bonchev–Trinajstić information content (AvgIpc) is 1.87. The van der Waals surface area contributed by atoms with E-state index >= 15 is 0 Å². The fourth-order valence-electron chi connectivity index (χ4n) is 1.09. The van der Waals surface area contributed by atoms with Crippen LogP contribution in [0.4, 0.5) is 0 Å². The van der Waals surface area contributed by atoms with Crippen molar-refractivity contribution in [2.75, 3.05) is 0 Å². The summed E-state index contributed by atoms with van der Waals surface area (Å²) in [6.45, 7) is 8.64. The molecule has 68 valence electrons. The first-order chi connectivity index (χ1) is 5.02. The van der Waals surface area contributed by atoms with Gasteiger partial charge in [-0.15, -0.1) is 0 Å². The summed E-state index contributed by atoms with van der Waals surface area (Å²) in [4.78, 5) is 4.92. The molecule has 0 aliphatic rings. The van der Waals surface area contributed by atoms with Gasteiger partial charge in [0.2, 0.25) is 0 Å². The normalized spacial score (nSPS) is 15.0. The summed E-state index contributed by atoms with van der Waals surface area (Å²) in [5.74, 6) is 5.20. The topological polar surface area (TPSA) is 35.2 Å². The summed E-state index contributed by atoms with van der Waals surface area (Å²) in [6.07, 6.45) is 3.66. The van der Waals surface area contributed by atoms with Crippen LogP contribution >= 0.6 is 0 Å². The van der Waals surface area contributed by atoms with Crippen molar-refractivity contribution in [3.8, 4) is 0 Å². The predicted molar refractivity (Wildman–Crippen MR) is 48.0 cm³/mol. The first-order valence-electron chi connectivity index (χ1n) is 4.38. The molecule has 0 fully saturated rings. The third-order valence-corrected chi connectivity index (χ3v) is 1.95. The number of hydrogen-bond acceptors (Lipinski definition) is 2. The first-order valence-corrected chi connectivity index (χ1v) is 4.38. The molecule has 2 nitrogen and oxygen atoms in total. The molecule has 0 aliphatic carbocycles. The molecule has 0 rings (SSSR count). The molecular formula is C9H21NO. The van der Waals surface area contributed by atoms with Gasteiger partial charge in [-0.25, -0.2) is 5.90 Å². The van der Waals surface area contributed by atoms with E-state index < -0.39 is 0 Å². The van der Waals surface area contributed by atoms with Crippen molar-refractivity contribution < 1.29 is 4.84 Å². The highest BCUT2D eigenvalue weighted by Gasteiger charge is 2.23. The maximum absolute atomic E-state index is 5.20. The van der Waals surface area contributed by atoms with E-state index in [4.69, 9.17) is 10.7 Å². The zero-order valence-corrected chi connectivity index (χ0v) is 8.18. The summed E-state index contributed by atoms with van der Waals surface area (Å²) < 4.78 is 0. The van der Waals surface area contributed by atoms with Gasteiger partial charge < -0.3 is 4.84 Å². The summed E-state index contributed by atoms with van der Waals surface area (Å²) >= 11 is 0. The molecule has 0 aromatic carbocycles. The maximum atomic E-state index is 5.20. The second kappa shape index (κ2) is 4.73. The molecule has 0 aromatic rings. The molecule has 2 N–H and O–H groups in total. The van der Waals surface area contributed by atoms with Gasteiger partial charge in [-0.05, 0) is 11.8 Å². The van der Waals surface area contributed by atoms with Crippen LogP contribution in [0.3, 0.4) is 0 Å². The van der Waals surface area contributed by atoms with Crippen molar-refractivity contribution in [1.29, 1.82) is 0 Å². The van der Waals surface area contributed by atoms with Crippen molar-refractivity contribution in [2.24, 2.45) is 11.3 Å². The zero-order valence-electron chi connectivity index (χ0n) is 8.18. The summed E-state index contributed by atoms with van der Waals surface area (Å²) in [6, 6.07) is 0. The molecule has 0 spiro atoms. The fraction of sp³-hybridized carbons (Fsp3) is 1.00. The third-order valence-electron chi connectivity index (χ3n) is 1.95. The van der Waals surface area contributed by atoms with Crippen LogP contribution in [0.2, 0.25) is 0 Å². The number of nitrogens with two attached hydrogens (primary N) is 1. The lowest BCUT2D eigenvalue weighted by Gasteiger charge is -2.28. The van der Waals surface area contributed by atoms with Crippen LogP contribution in [0.25, 0.3) is 0 Å². The minimum Gasteiger partial charge on any atom is -0.301 e. The van der Waals surface area contributed by atoms with Crippen LogP contribution in [0.5, 0.6) is 0 Å². The average molecular weight is 159 g/mol. The molecule has 0 bridgehead atoms. The van der Waals surface area contributed by atoms with Gasteiger partial charge in [0.25, 0.3) is 0 Å². The third kappa shape index (κ3) is 4.38. The molecule has 11 heavy (non-hydrogen) atoms. The maximum Gasteiger partial charge on any atom is 0.0835 e. The Kier molecular flexibility index (Phi) is 4.69. The van der Waals surface area contributed by atoms with Crippen molar-refractivity contribution in [3.63, 3.8) is 0 Å². The van der Waals surface area contributed by atoms with Crippen molar-refractivity contribution in [2.45, 2.75) is 53.1 Å². The highest BCUT2D eigenvalue weighted by molar-refractivity contribution is 4.73. The van der Waals surface area contributed by atoms with Crippen LogP contribution in [-0.2, 0) is 4.84 Å². The lowest BCUT2D eigenvalue weighted by Crippen LogP contribution is -2.31. The Balaban J connectivity index is 3.76. The lowest BCUT2D eigenvalue weighted by molar-refractivity contribution is -0.0255. The fourth-order valence-corrected chi connectivity index (χ4v) is 1.09. The van der Waals surface area contributed by atoms with E-state index in [-0.39, 0.29) is 11.5 Å². The summed E-state index contributed by atoms with van der Waals surface area (Å²) in [5, 5.41) is 0. The van der Waals surface area contributed by atoms with Gasteiger partial charge in [0.15, 0.2) is 0 Å². The van der Waals surface area contributed by atoms with Gasteiger partial charge in [-0.1, -0.05) is 40.5 Å². The standard InChI is InChI=1S/C9H21NO/c1-5-6-7-8(11-10)9(2,3)4/h8H,5-7,10H2,1-4H3. The highest BCUT2D eigenvalue weighted by atomic mass is 16.6. The van der Waals surface area contributed by atoms with Crippen molar-refractivity contribution in [1.82, 2.24) is 0 Å². The molecule has 0 saturated heterocycles. The van der Waals surface area contributed by atoms with Crippen molar-refractivity contribution >= 4 is 0 Å². The molecule has 0 heterocycles. The molecule has 1 unspecified atom stereocenters. The molecule has 2 heteroatoms. The highest BCUT2D eigenvalue weighted by Crippen LogP contribution is 2.24. The summed E-state index contributed by atoms with van der Waals surface area (Å²) in [5.41, 5.74) is 0.171. The van der Waals surface area contributed by atoms with Crippen LogP contribution < -0.4 is 5.90 Å². The van der Waals surface area contributed by atoms with Gasteiger partial charge in [0.1, 0.15) is 0 Å².